The fourth-order valence-corrected chi connectivity index (χ4v) is 4.41. The van der Waals surface area contributed by atoms with Crippen LogP contribution in [0.3, 0.4) is 0 Å². The van der Waals surface area contributed by atoms with Crippen molar-refractivity contribution in [3.8, 4) is 5.75 Å². The Morgan fingerprint density at radius 1 is 1.16 bits per heavy atom. The molecule has 0 amide bonds. The molecule has 168 valence electrons. The van der Waals surface area contributed by atoms with Crippen LogP contribution in [0.15, 0.2) is 65.8 Å². The molecule has 3 rings (SSSR count). The van der Waals surface area contributed by atoms with Crippen LogP contribution >= 0.6 is 0 Å². The van der Waals surface area contributed by atoms with Crippen LogP contribution in [0, 0.1) is 6.92 Å². The first-order valence-corrected chi connectivity index (χ1v) is 11.4. The van der Waals surface area contributed by atoms with Crippen LogP contribution in [-0.2, 0) is 23.0 Å². The van der Waals surface area contributed by atoms with Crippen LogP contribution in [0.2, 0.25) is 0 Å². The highest BCUT2D eigenvalue weighted by atomic mass is 32.2. The molecular weight excluding hydrogens is 430 g/mol. The second-order valence-electron chi connectivity index (χ2n) is 7.19. The third-order valence-electron chi connectivity index (χ3n) is 4.93. The van der Waals surface area contributed by atoms with Crippen molar-refractivity contribution in [3.05, 3.63) is 83.2 Å². The summed E-state index contributed by atoms with van der Waals surface area (Å²) in [5, 5.41) is 11.2. The lowest BCUT2D eigenvalue weighted by molar-refractivity contribution is 0.0697. The number of aryl methyl sites for hydroxylation is 2. The number of aromatic carboxylic acids is 1. The number of hydrogen-bond acceptors (Lipinski definition) is 6. The second kappa shape index (κ2) is 9.80. The van der Waals surface area contributed by atoms with Crippen molar-refractivity contribution in [3.63, 3.8) is 0 Å². The third kappa shape index (κ3) is 5.24. The largest absolute Gasteiger partial charge is 0.497 e. The fourth-order valence-electron chi connectivity index (χ4n) is 3.36. The third-order valence-corrected chi connectivity index (χ3v) is 6.29. The molecule has 0 saturated heterocycles. The number of aromatic nitrogens is 1. The van der Waals surface area contributed by atoms with Crippen molar-refractivity contribution in [2.45, 2.75) is 31.7 Å². The Morgan fingerprint density at radius 3 is 2.44 bits per heavy atom. The van der Waals surface area contributed by atoms with Crippen LogP contribution < -0.4 is 14.6 Å². The molecule has 0 bridgehead atoms. The monoisotopic (exact) mass is 455 g/mol. The number of benzene rings is 2. The zero-order chi connectivity index (χ0) is 23.3. The highest BCUT2D eigenvalue weighted by Crippen LogP contribution is 2.29. The maximum absolute atomic E-state index is 13.2. The molecule has 2 N–H and O–H groups in total. The second-order valence-corrected chi connectivity index (χ2v) is 8.85. The number of hydrogen-bond donors (Lipinski definition) is 2. The first-order valence-electron chi connectivity index (χ1n) is 9.95. The summed E-state index contributed by atoms with van der Waals surface area (Å²) in [7, 11) is -2.53. The molecule has 0 saturated carbocycles. The van der Waals surface area contributed by atoms with Gasteiger partial charge < -0.3 is 9.84 Å². The van der Waals surface area contributed by atoms with Gasteiger partial charge in [0.1, 0.15) is 5.75 Å². The van der Waals surface area contributed by atoms with E-state index in [1.54, 1.807) is 49.6 Å². The number of carboxylic acids is 1. The van der Waals surface area contributed by atoms with Gasteiger partial charge in [-0.3, -0.25) is 9.99 Å². The highest BCUT2D eigenvalue weighted by molar-refractivity contribution is 7.89. The molecule has 1 heterocycles. The van der Waals surface area contributed by atoms with Gasteiger partial charge in [-0.15, -0.1) is 4.83 Å². The van der Waals surface area contributed by atoms with Gasteiger partial charge in [0, 0.05) is 12.4 Å². The summed E-state index contributed by atoms with van der Waals surface area (Å²) in [6, 6.07) is 12.9. The molecule has 3 aromatic rings. The number of methoxy groups -OCH3 is 1. The van der Waals surface area contributed by atoms with E-state index < -0.39 is 16.0 Å². The van der Waals surface area contributed by atoms with Crippen molar-refractivity contribution in [1.82, 2.24) is 9.82 Å². The molecule has 0 aliphatic carbocycles. The zero-order valence-electron chi connectivity index (χ0n) is 18.1. The number of sulfonamides is 1. The average molecular weight is 456 g/mol. The molecule has 0 atom stereocenters. The number of carboxylic acid groups (broad SMARTS) is 1. The van der Waals surface area contributed by atoms with Gasteiger partial charge in [0.2, 0.25) is 0 Å². The Kier molecular flexibility index (Phi) is 7.12. The van der Waals surface area contributed by atoms with E-state index in [0.29, 0.717) is 23.3 Å². The SMILES string of the molecule is CCc1cc(C)c(N(Cc2cccnc2)NS(=O)(=O)c2ccc(OC)cc2)c(C(=O)O)c1. The number of pyridine rings is 1. The number of rotatable bonds is 9. The molecule has 0 spiro atoms. The Balaban J connectivity index is 2.10. The minimum absolute atomic E-state index is 0.0168. The number of ether oxygens (including phenoxy) is 1. The lowest BCUT2D eigenvalue weighted by Gasteiger charge is -2.28. The average Bonchev–Trinajstić information content (AvgIpc) is 2.78. The van der Waals surface area contributed by atoms with Crippen molar-refractivity contribution >= 4 is 21.7 Å². The molecule has 32 heavy (non-hydrogen) atoms. The van der Waals surface area contributed by atoms with E-state index in [0.717, 1.165) is 5.56 Å². The van der Waals surface area contributed by atoms with E-state index >= 15 is 0 Å². The zero-order valence-corrected chi connectivity index (χ0v) is 18.9. The maximum atomic E-state index is 13.2. The maximum Gasteiger partial charge on any atom is 0.337 e. The molecule has 0 fully saturated rings. The summed E-state index contributed by atoms with van der Waals surface area (Å²) in [6.45, 7) is 3.77. The summed E-state index contributed by atoms with van der Waals surface area (Å²) >= 11 is 0. The van der Waals surface area contributed by atoms with Crippen LogP contribution in [0.1, 0.15) is 34.0 Å². The number of nitrogens with one attached hydrogen (secondary N) is 1. The minimum atomic E-state index is -4.02. The molecule has 8 nitrogen and oxygen atoms in total. The van der Waals surface area contributed by atoms with E-state index in [2.05, 4.69) is 9.82 Å². The van der Waals surface area contributed by atoms with Gasteiger partial charge in [-0.25, -0.2) is 13.2 Å². The van der Waals surface area contributed by atoms with Crippen molar-refractivity contribution in [2.24, 2.45) is 0 Å². The molecule has 0 aliphatic rings. The Bertz CT molecular complexity index is 1200. The molecular formula is C23H25N3O5S. The highest BCUT2D eigenvalue weighted by Gasteiger charge is 2.25. The number of anilines is 1. The van der Waals surface area contributed by atoms with E-state index in [1.807, 2.05) is 13.0 Å². The Morgan fingerprint density at radius 2 is 1.88 bits per heavy atom. The van der Waals surface area contributed by atoms with Crippen LogP contribution in [0.4, 0.5) is 5.69 Å². The van der Waals surface area contributed by atoms with Crippen LogP contribution in [0.25, 0.3) is 0 Å². The predicted octanol–water partition coefficient (Wildman–Crippen LogP) is 3.56. The molecule has 0 unspecified atom stereocenters. The normalized spacial score (nSPS) is 11.2. The lowest BCUT2D eigenvalue weighted by atomic mass is 10.0. The summed E-state index contributed by atoms with van der Waals surface area (Å²) in [6.07, 6.45) is 3.87. The first-order chi connectivity index (χ1) is 15.2. The van der Waals surface area contributed by atoms with E-state index in [4.69, 9.17) is 4.74 Å². The minimum Gasteiger partial charge on any atom is -0.497 e. The van der Waals surface area contributed by atoms with Crippen LogP contribution in [-0.4, -0.2) is 31.6 Å². The molecule has 0 aliphatic heterocycles. The Labute approximate surface area is 187 Å². The number of hydrazine groups is 1. The van der Waals surface area contributed by atoms with Crippen molar-refractivity contribution in [1.29, 1.82) is 0 Å². The van der Waals surface area contributed by atoms with Gasteiger partial charge in [0.25, 0.3) is 10.0 Å². The summed E-state index contributed by atoms with van der Waals surface area (Å²) in [5.74, 6) is -0.617. The van der Waals surface area contributed by atoms with Crippen LogP contribution in [0.5, 0.6) is 5.75 Å². The van der Waals surface area contributed by atoms with Crippen molar-refractivity contribution < 1.29 is 23.1 Å². The number of carbonyl (C=O) groups is 1. The lowest BCUT2D eigenvalue weighted by Crippen LogP contribution is -2.43. The molecule has 1 aromatic heterocycles. The van der Waals surface area contributed by atoms with Gasteiger partial charge in [-0.1, -0.05) is 19.1 Å². The topological polar surface area (TPSA) is 109 Å². The summed E-state index contributed by atoms with van der Waals surface area (Å²) in [4.78, 5) is 18.7. The van der Waals surface area contributed by atoms with Gasteiger partial charge in [0.15, 0.2) is 0 Å². The number of nitrogens with zero attached hydrogens (tertiary/aromatic N) is 2. The summed E-state index contributed by atoms with van der Waals surface area (Å²) in [5.41, 5.74) is 2.49. The molecule has 2 aromatic carbocycles. The van der Waals surface area contributed by atoms with E-state index in [9.17, 15) is 18.3 Å². The van der Waals surface area contributed by atoms with Gasteiger partial charge >= 0.3 is 5.97 Å². The summed E-state index contributed by atoms with van der Waals surface area (Å²) < 4.78 is 31.4. The molecule has 0 radical (unpaired) electrons. The first kappa shape index (κ1) is 23.2. The van der Waals surface area contributed by atoms with E-state index in [1.165, 1.54) is 24.3 Å². The van der Waals surface area contributed by atoms with E-state index in [-0.39, 0.29) is 22.7 Å². The quantitative estimate of drug-likeness (QED) is 0.475. The van der Waals surface area contributed by atoms with Crippen molar-refractivity contribution in [2.75, 3.05) is 12.1 Å². The van der Waals surface area contributed by atoms with Gasteiger partial charge in [0.05, 0.1) is 29.8 Å². The predicted molar refractivity (Wildman–Crippen MR) is 121 cm³/mol. The fraction of sp³-hybridized carbons (Fsp3) is 0.217. The van der Waals surface area contributed by atoms with Gasteiger partial charge in [-0.2, -0.15) is 0 Å². The Hall–Kier alpha value is -3.43. The molecule has 9 heteroatoms. The smallest absolute Gasteiger partial charge is 0.337 e. The van der Waals surface area contributed by atoms with Gasteiger partial charge in [-0.05, 0) is 66.4 Å². The standard InChI is InChI=1S/C23H25N3O5S/c1-4-17-12-16(2)22(21(13-17)23(27)28)26(15-18-6-5-11-24-14-18)25-32(29,30)20-9-7-19(31-3)8-10-20/h5-14,25H,4,15H2,1-3H3,(H,27,28).